The molecule has 0 radical (unpaired) electrons. The van der Waals surface area contributed by atoms with Gasteiger partial charge in [0.15, 0.2) is 5.13 Å². The highest BCUT2D eigenvalue weighted by atomic mass is 35.5. The third-order valence-corrected chi connectivity index (χ3v) is 4.74. The largest absolute Gasteiger partial charge is 0.346 e. The summed E-state index contributed by atoms with van der Waals surface area (Å²) >= 11 is 7.70. The van der Waals surface area contributed by atoms with Crippen molar-refractivity contribution < 1.29 is 4.79 Å². The molecule has 1 fully saturated rings. The van der Waals surface area contributed by atoms with Crippen molar-refractivity contribution in [2.45, 2.75) is 0 Å². The van der Waals surface area contributed by atoms with Gasteiger partial charge in [0.25, 0.3) is 0 Å². The average molecular weight is 337 g/mol. The molecule has 116 valence electrons. The van der Waals surface area contributed by atoms with Crippen LogP contribution < -0.4 is 10.2 Å². The zero-order valence-corrected chi connectivity index (χ0v) is 13.6. The Morgan fingerprint density at radius 1 is 1.27 bits per heavy atom. The van der Waals surface area contributed by atoms with Crippen LogP contribution >= 0.6 is 22.9 Å². The van der Waals surface area contributed by atoms with Crippen LogP contribution in [0.15, 0.2) is 35.8 Å². The van der Waals surface area contributed by atoms with Gasteiger partial charge in [0.2, 0.25) is 5.91 Å². The molecule has 0 aliphatic carbocycles. The molecular weight excluding hydrogens is 320 g/mol. The molecule has 0 bridgehead atoms. The van der Waals surface area contributed by atoms with Gasteiger partial charge in [0.05, 0.1) is 17.3 Å². The SMILES string of the molecule is O=C(CN1CCN(c2nccs2)CC1)Nc1ccccc1Cl. The highest BCUT2D eigenvalue weighted by molar-refractivity contribution is 7.13. The van der Waals surface area contributed by atoms with Gasteiger partial charge >= 0.3 is 0 Å². The summed E-state index contributed by atoms with van der Waals surface area (Å²) in [4.78, 5) is 20.8. The van der Waals surface area contributed by atoms with Crippen LogP contribution in [0.4, 0.5) is 10.8 Å². The molecule has 0 saturated carbocycles. The van der Waals surface area contributed by atoms with E-state index >= 15 is 0 Å². The van der Waals surface area contributed by atoms with Crippen LogP contribution in [-0.2, 0) is 4.79 Å². The molecular formula is C15H17ClN4OS. The monoisotopic (exact) mass is 336 g/mol. The number of carbonyl (C=O) groups is 1. The second-order valence-electron chi connectivity index (χ2n) is 5.11. The number of anilines is 2. The van der Waals surface area contributed by atoms with Crippen LogP contribution in [-0.4, -0.2) is 48.5 Å². The molecule has 5 nitrogen and oxygen atoms in total. The van der Waals surface area contributed by atoms with E-state index in [1.54, 1.807) is 23.5 Å². The van der Waals surface area contributed by atoms with E-state index in [4.69, 9.17) is 11.6 Å². The summed E-state index contributed by atoms with van der Waals surface area (Å²) in [6, 6.07) is 7.27. The minimum atomic E-state index is -0.0317. The van der Waals surface area contributed by atoms with Gasteiger partial charge in [-0.15, -0.1) is 11.3 Å². The Morgan fingerprint density at radius 2 is 2.05 bits per heavy atom. The first-order valence-corrected chi connectivity index (χ1v) is 8.39. The molecule has 1 aliphatic rings. The number of carbonyl (C=O) groups excluding carboxylic acids is 1. The van der Waals surface area contributed by atoms with E-state index < -0.39 is 0 Å². The first-order chi connectivity index (χ1) is 10.7. The van der Waals surface area contributed by atoms with Gasteiger partial charge in [-0.3, -0.25) is 9.69 Å². The van der Waals surface area contributed by atoms with Crippen LogP contribution in [0.3, 0.4) is 0 Å². The van der Waals surface area contributed by atoms with Crippen molar-refractivity contribution in [2.75, 3.05) is 42.9 Å². The lowest BCUT2D eigenvalue weighted by Crippen LogP contribution is -2.48. The van der Waals surface area contributed by atoms with E-state index in [-0.39, 0.29) is 5.91 Å². The fourth-order valence-electron chi connectivity index (χ4n) is 2.42. The van der Waals surface area contributed by atoms with Gasteiger partial charge in [-0.1, -0.05) is 23.7 Å². The van der Waals surface area contributed by atoms with E-state index in [1.165, 1.54) is 0 Å². The molecule has 3 rings (SSSR count). The van der Waals surface area contributed by atoms with Gasteiger partial charge in [0.1, 0.15) is 0 Å². The number of aromatic nitrogens is 1. The molecule has 22 heavy (non-hydrogen) atoms. The Balaban J connectivity index is 1.48. The van der Waals surface area contributed by atoms with Gasteiger partial charge in [0, 0.05) is 37.8 Å². The second kappa shape index (κ2) is 7.09. The summed E-state index contributed by atoms with van der Waals surface area (Å²) in [5, 5.41) is 6.46. The summed E-state index contributed by atoms with van der Waals surface area (Å²) < 4.78 is 0. The van der Waals surface area contributed by atoms with Crippen LogP contribution in [0.5, 0.6) is 0 Å². The molecule has 1 aromatic heterocycles. The molecule has 7 heteroatoms. The third-order valence-electron chi connectivity index (χ3n) is 3.58. The lowest BCUT2D eigenvalue weighted by molar-refractivity contribution is -0.117. The van der Waals surface area contributed by atoms with Gasteiger partial charge in [-0.25, -0.2) is 4.98 Å². The minimum Gasteiger partial charge on any atom is -0.346 e. The Labute approximate surface area is 138 Å². The van der Waals surface area contributed by atoms with E-state index in [2.05, 4.69) is 20.1 Å². The lowest BCUT2D eigenvalue weighted by atomic mass is 10.3. The van der Waals surface area contributed by atoms with Crippen molar-refractivity contribution in [3.63, 3.8) is 0 Å². The second-order valence-corrected chi connectivity index (χ2v) is 6.39. The summed E-state index contributed by atoms with van der Waals surface area (Å²) in [5.41, 5.74) is 0.663. The number of nitrogens with zero attached hydrogens (tertiary/aromatic N) is 3. The lowest BCUT2D eigenvalue weighted by Gasteiger charge is -2.34. The van der Waals surface area contributed by atoms with Crippen LogP contribution in [0, 0.1) is 0 Å². The van der Waals surface area contributed by atoms with Crippen LogP contribution in [0.25, 0.3) is 0 Å². The number of para-hydroxylation sites is 1. The molecule has 0 atom stereocenters. The van der Waals surface area contributed by atoms with Crippen molar-refractivity contribution in [1.82, 2.24) is 9.88 Å². The molecule has 2 aromatic rings. The number of rotatable bonds is 4. The first kappa shape index (κ1) is 15.3. The van der Waals surface area contributed by atoms with Crippen LogP contribution in [0.1, 0.15) is 0 Å². The number of hydrogen-bond acceptors (Lipinski definition) is 5. The van der Waals surface area contributed by atoms with E-state index in [9.17, 15) is 4.79 Å². The molecule has 1 saturated heterocycles. The van der Waals surface area contributed by atoms with E-state index in [0.717, 1.165) is 31.3 Å². The fraction of sp³-hybridized carbons (Fsp3) is 0.333. The first-order valence-electron chi connectivity index (χ1n) is 7.13. The number of piperazine rings is 1. The predicted molar refractivity (Wildman–Crippen MR) is 90.8 cm³/mol. The number of halogens is 1. The molecule has 2 heterocycles. The zero-order chi connectivity index (χ0) is 15.4. The topological polar surface area (TPSA) is 48.5 Å². The van der Waals surface area contributed by atoms with Crippen molar-refractivity contribution in [3.8, 4) is 0 Å². The predicted octanol–water partition coefficient (Wildman–Crippen LogP) is 2.56. The number of hydrogen-bond donors (Lipinski definition) is 1. The zero-order valence-electron chi connectivity index (χ0n) is 12.0. The van der Waals surface area contributed by atoms with Crippen molar-refractivity contribution >= 4 is 39.7 Å². The molecule has 1 amide bonds. The summed E-state index contributed by atoms with van der Waals surface area (Å²) in [6.45, 7) is 3.89. The fourth-order valence-corrected chi connectivity index (χ4v) is 3.30. The maximum Gasteiger partial charge on any atom is 0.238 e. The van der Waals surface area contributed by atoms with Gasteiger partial charge in [-0.2, -0.15) is 0 Å². The van der Waals surface area contributed by atoms with Crippen molar-refractivity contribution in [1.29, 1.82) is 0 Å². The Kier molecular flexibility index (Phi) is 4.92. The van der Waals surface area contributed by atoms with E-state index in [1.807, 2.05) is 23.7 Å². The Hall–Kier alpha value is -1.63. The molecule has 0 spiro atoms. The highest BCUT2D eigenvalue weighted by Crippen LogP contribution is 2.21. The summed E-state index contributed by atoms with van der Waals surface area (Å²) in [7, 11) is 0. The normalized spacial score (nSPS) is 15.8. The highest BCUT2D eigenvalue weighted by Gasteiger charge is 2.20. The molecule has 1 aliphatic heterocycles. The number of nitrogens with one attached hydrogen (secondary N) is 1. The smallest absolute Gasteiger partial charge is 0.238 e. The summed E-state index contributed by atoms with van der Waals surface area (Å²) in [5.74, 6) is -0.0317. The quantitative estimate of drug-likeness (QED) is 0.932. The average Bonchev–Trinajstić information content (AvgIpc) is 3.05. The Bertz CT molecular complexity index is 626. The number of thiazole rings is 1. The van der Waals surface area contributed by atoms with Gasteiger partial charge in [-0.05, 0) is 12.1 Å². The molecule has 0 unspecified atom stereocenters. The standard InChI is InChI=1S/C15H17ClN4OS/c16-12-3-1-2-4-13(12)18-14(21)11-19-6-8-20(9-7-19)15-17-5-10-22-15/h1-5,10H,6-9,11H2,(H,18,21). The van der Waals surface area contributed by atoms with Crippen molar-refractivity contribution in [2.24, 2.45) is 0 Å². The molecule has 1 N–H and O–H groups in total. The number of amides is 1. The Morgan fingerprint density at radius 3 is 2.73 bits per heavy atom. The number of benzene rings is 1. The minimum absolute atomic E-state index is 0.0317. The maximum absolute atomic E-state index is 12.1. The van der Waals surface area contributed by atoms with Crippen LogP contribution in [0.2, 0.25) is 5.02 Å². The summed E-state index contributed by atoms with van der Waals surface area (Å²) in [6.07, 6.45) is 1.82. The van der Waals surface area contributed by atoms with Crippen molar-refractivity contribution in [3.05, 3.63) is 40.9 Å². The maximum atomic E-state index is 12.1. The van der Waals surface area contributed by atoms with Gasteiger partial charge < -0.3 is 10.2 Å². The third kappa shape index (κ3) is 3.76. The van der Waals surface area contributed by atoms with E-state index in [0.29, 0.717) is 17.3 Å². The molecule has 1 aromatic carbocycles.